The lowest BCUT2D eigenvalue weighted by atomic mass is 10.1. The maximum atomic E-state index is 10.7. The molecule has 0 bridgehead atoms. The molecule has 0 radical (unpaired) electrons. The van der Waals surface area contributed by atoms with Gasteiger partial charge in [-0.15, -0.1) is 0 Å². The van der Waals surface area contributed by atoms with Gasteiger partial charge in [0.25, 0.3) is 11.4 Å². The van der Waals surface area contributed by atoms with Crippen molar-refractivity contribution in [2.24, 2.45) is 5.73 Å². The van der Waals surface area contributed by atoms with Gasteiger partial charge in [0.05, 0.1) is 15.9 Å². The summed E-state index contributed by atoms with van der Waals surface area (Å²) in [7, 11) is 0. The molecule has 0 aliphatic heterocycles. The molecule has 7 nitrogen and oxygen atoms in total. The Bertz CT molecular complexity index is 419. The van der Waals surface area contributed by atoms with Crippen molar-refractivity contribution in [3.8, 4) is 0 Å². The quantitative estimate of drug-likeness (QED) is 0.601. The lowest BCUT2D eigenvalue weighted by Gasteiger charge is -2.01. The largest absolute Gasteiger partial charge is 0.330 e. The van der Waals surface area contributed by atoms with E-state index in [1.165, 1.54) is 12.1 Å². The highest BCUT2D eigenvalue weighted by molar-refractivity contribution is 5.49. The molecule has 0 aliphatic carbocycles. The molecule has 0 amide bonds. The summed E-state index contributed by atoms with van der Waals surface area (Å²) in [6.45, 7) is 0.425. The summed E-state index contributed by atoms with van der Waals surface area (Å²) in [6.07, 6.45) is 1.06. The average Bonchev–Trinajstić information content (AvgIpc) is 2.25. The van der Waals surface area contributed by atoms with Crippen LogP contribution < -0.4 is 5.73 Å². The smallest absolute Gasteiger partial charge is 0.279 e. The Kier molecular flexibility index (Phi) is 3.90. The Morgan fingerprint density at radius 3 is 2.38 bits per heavy atom. The van der Waals surface area contributed by atoms with Crippen LogP contribution in [0.4, 0.5) is 11.4 Å². The third-order valence-electron chi connectivity index (χ3n) is 2.13. The maximum Gasteiger partial charge on any atom is 0.279 e. The zero-order valence-electron chi connectivity index (χ0n) is 8.46. The predicted octanol–water partition coefficient (Wildman–Crippen LogP) is 1.39. The summed E-state index contributed by atoms with van der Waals surface area (Å²) in [6, 6.07) is 3.65. The molecule has 1 aromatic rings. The third-order valence-corrected chi connectivity index (χ3v) is 2.13. The van der Waals surface area contributed by atoms with Crippen molar-refractivity contribution in [3.63, 3.8) is 0 Å². The Labute approximate surface area is 91.2 Å². The molecule has 86 valence electrons. The molecule has 0 unspecified atom stereocenters. The third kappa shape index (κ3) is 2.74. The van der Waals surface area contributed by atoms with Crippen LogP contribution in [0, 0.1) is 20.2 Å². The molecule has 0 saturated carbocycles. The summed E-state index contributed by atoms with van der Waals surface area (Å²) >= 11 is 0. The van der Waals surface area contributed by atoms with Crippen LogP contribution in [0.15, 0.2) is 18.2 Å². The highest BCUT2D eigenvalue weighted by Gasteiger charge is 2.18. The SMILES string of the molecule is NCCCc1ccc([N+](=O)[O-])cc1[N+](=O)[O-]. The average molecular weight is 225 g/mol. The van der Waals surface area contributed by atoms with E-state index in [2.05, 4.69) is 0 Å². The predicted molar refractivity (Wildman–Crippen MR) is 57.1 cm³/mol. The van der Waals surface area contributed by atoms with Crippen LogP contribution in [0.2, 0.25) is 0 Å². The van der Waals surface area contributed by atoms with E-state index in [9.17, 15) is 20.2 Å². The van der Waals surface area contributed by atoms with Gasteiger partial charge in [0.15, 0.2) is 0 Å². The number of nitro groups is 2. The molecule has 0 atom stereocenters. The molecule has 0 fully saturated rings. The highest BCUT2D eigenvalue weighted by atomic mass is 16.6. The van der Waals surface area contributed by atoms with Crippen LogP contribution in [0.25, 0.3) is 0 Å². The summed E-state index contributed by atoms with van der Waals surface area (Å²) in [5.41, 5.74) is 5.28. The lowest BCUT2D eigenvalue weighted by molar-refractivity contribution is -0.394. The first-order valence-electron chi connectivity index (χ1n) is 4.68. The van der Waals surface area contributed by atoms with Gasteiger partial charge in [-0.1, -0.05) is 0 Å². The van der Waals surface area contributed by atoms with E-state index in [1.807, 2.05) is 0 Å². The first-order chi connectivity index (χ1) is 7.56. The van der Waals surface area contributed by atoms with Gasteiger partial charge in [-0.05, 0) is 25.5 Å². The number of hydrogen-bond donors (Lipinski definition) is 1. The summed E-state index contributed by atoms with van der Waals surface area (Å²) in [5.74, 6) is 0. The van der Waals surface area contributed by atoms with Crippen LogP contribution >= 0.6 is 0 Å². The maximum absolute atomic E-state index is 10.7. The van der Waals surface area contributed by atoms with E-state index < -0.39 is 9.85 Å². The van der Waals surface area contributed by atoms with Crippen molar-refractivity contribution >= 4 is 11.4 Å². The van der Waals surface area contributed by atoms with Crippen molar-refractivity contribution in [1.82, 2.24) is 0 Å². The van der Waals surface area contributed by atoms with E-state index >= 15 is 0 Å². The topological polar surface area (TPSA) is 112 Å². The highest BCUT2D eigenvalue weighted by Crippen LogP contribution is 2.25. The number of nitrogens with two attached hydrogens (primary N) is 1. The first kappa shape index (κ1) is 12.1. The lowest BCUT2D eigenvalue weighted by Crippen LogP contribution is -2.03. The number of nitrogens with zero attached hydrogens (tertiary/aromatic N) is 2. The molecule has 0 saturated heterocycles. The Balaban J connectivity index is 3.09. The van der Waals surface area contributed by atoms with E-state index in [0.717, 1.165) is 6.07 Å². The van der Waals surface area contributed by atoms with E-state index in [1.54, 1.807) is 0 Å². The number of benzene rings is 1. The van der Waals surface area contributed by atoms with Crippen molar-refractivity contribution < 1.29 is 9.85 Å². The fourth-order valence-corrected chi connectivity index (χ4v) is 1.34. The minimum atomic E-state index is -0.653. The Morgan fingerprint density at radius 2 is 1.88 bits per heavy atom. The zero-order valence-corrected chi connectivity index (χ0v) is 8.46. The molecular weight excluding hydrogens is 214 g/mol. The molecule has 0 aliphatic rings. The van der Waals surface area contributed by atoms with Gasteiger partial charge >= 0.3 is 0 Å². The van der Waals surface area contributed by atoms with E-state index in [-0.39, 0.29) is 11.4 Å². The normalized spacial score (nSPS) is 10.1. The van der Waals surface area contributed by atoms with Crippen LogP contribution in [0.5, 0.6) is 0 Å². The second-order valence-electron chi connectivity index (χ2n) is 3.22. The number of hydrogen-bond acceptors (Lipinski definition) is 5. The van der Waals surface area contributed by atoms with Crippen molar-refractivity contribution in [2.45, 2.75) is 12.8 Å². The van der Waals surface area contributed by atoms with Gasteiger partial charge < -0.3 is 5.73 Å². The second-order valence-corrected chi connectivity index (χ2v) is 3.22. The summed E-state index contributed by atoms with van der Waals surface area (Å²) in [4.78, 5) is 19.9. The molecule has 2 N–H and O–H groups in total. The van der Waals surface area contributed by atoms with Gasteiger partial charge in [0, 0.05) is 11.6 Å². The Morgan fingerprint density at radius 1 is 1.19 bits per heavy atom. The van der Waals surface area contributed by atoms with Crippen LogP contribution in [-0.2, 0) is 6.42 Å². The molecule has 0 heterocycles. The summed E-state index contributed by atoms with van der Waals surface area (Å²) < 4.78 is 0. The molecule has 0 spiro atoms. The Hall–Kier alpha value is -2.02. The van der Waals surface area contributed by atoms with Gasteiger partial charge in [-0.25, -0.2) is 0 Å². The fourth-order valence-electron chi connectivity index (χ4n) is 1.34. The van der Waals surface area contributed by atoms with Crippen LogP contribution in [0.3, 0.4) is 0 Å². The van der Waals surface area contributed by atoms with Crippen molar-refractivity contribution in [3.05, 3.63) is 44.0 Å². The van der Waals surface area contributed by atoms with Gasteiger partial charge in [0.2, 0.25) is 0 Å². The summed E-state index contributed by atoms with van der Waals surface area (Å²) in [5, 5.41) is 21.2. The van der Waals surface area contributed by atoms with E-state index in [4.69, 9.17) is 5.73 Å². The number of rotatable bonds is 5. The molecule has 0 aromatic heterocycles. The minimum absolute atomic E-state index is 0.220. The van der Waals surface area contributed by atoms with Crippen LogP contribution in [-0.4, -0.2) is 16.4 Å². The van der Waals surface area contributed by atoms with Gasteiger partial charge in [-0.3, -0.25) is 20.2 Å². The molecule has 16 heavy (non-hydrogen) atoms. The molecule has 1 aromatic carbocycles. The fraction of sp³-hybridized carbons (Fsp3) is 0.333. The first-order valence-corrected chi connectivity index (χ1v) is 4.68. The number of non-ortho nitro benzene ring substituents is 1. The van der Waals surface area contributed by atoms with Gasteiger partial charge in [0.1, 0.15) is 0 Å². The van der Waals surface area contributed by atoms with Crippen LogP contribution in [0.1, 0.15) is 12.0 Å². The van der Waals surface area contributed by atoms with Gasteiger partial charge in [-0.2, -0.15) is 0 Å². The monoisotopic (exact) mass is 225 g/mol. The van der Waals surface area contributed by atoms with Crippen molar-refractivity contribution in [1.29, 1.82) is 0 Å². The number of aryl methyl sites for hydroxylation is 1. The molecule has 1 rings (SSSR count). The zero-order chi connectivity index (χ0) is 12.1. The standard InChI is InChI=1S/C9H11N3O4/c10-5-1-2-7-3-4-8(11(13)14)6-9(7)12(15)16/h3-4,6H,1-2,5,10H2. The van der Waals surface area contributed by atoms with E-state index in [0.29, 0.717) is 24.9 Å². The minimum Gasteiger partial charge on any atom is -0.330 e. The second kappa shape index (κ2) is 5.17. The molecule has 7 heteroatoms. The molecular formula is C9H11N3O4. The number of nitro benzene ring substituents is 2. The van der Waals surface area contributed by atoms with Crippen molar-refractivity contribution in [2.75, 3.05) is 6.54 Å².